The van der Waals surface area contributed by atoms with Crippen molar-refractivity contribution in [2.24, 2.45) is 0 Å². The van der Waals surface area contributed by atoms with Crippen molar-refractivity contribution in [1.29, 1.82) is 0 Å². The van der Waals surface area contributed by atoms with Crippen LogP contribution in [0.15, 0.2) is 30.5 Å². The third kappa shape index (κ3) is 2.99. The zero-order valence-electron chi connectivity index (χ0n) is 13.6. The zero-order valence-corrected chi connectivity index (χ0v) is 13.6. The molecule has 2 saturated heterocycles. The number of piperazine rings is 1. The van der Waals surface area contributed by atoms with Crippen LogP contribution >= 0.6 is 0 Å². The average Bonchev–Trinajstić information content (AvgIpc) is 2.68. The molecule has 2 aliphatic rings. The van der Waals surface area contributed by atoms with Gasteiger partial charge < -0.3 is 19.4 Å². The lowest BCUT2D eigenvalue weighted by Crippen LogP contribution is -2.55. The summed E-state index contributed by atoms with van der Waals surface area (Å²) in [5, 5.41) is 0. The lowest BCUT2D eigenvalue weighted by atomic mass is 10.3. The summed E-state index contributed by atoms with van der Waals surface area (Å²) in [7, 11) is 0. The maximum atomic E-state index is 12.5. The van der Waals surface area contributed by atoms with Gasteiger partial charge in [0.05, 0.1) is 30.4 Å². The van der Waals surface area contributed by atoms with Gasteiger partial charge in [0.25, 0.3) is 0 Å². The third-order valence-electron chi connectivity index (χ3n) is 4.59. The summed E-state index contributed by atoms with van der Waals surface area (Å²) in [6, 6.07) is 8.00. The first kappa shape index (κ1) is 15.1. The molecule has 2 fully saturated rings. The molecule has 0 saturated carbocycles. The number of ether oxygens (including phenoxy) is 1. The minimum absolute atomic E-state index is 0.127. The van der Waals surface area contributed by atoms with E-state index in [0.717, 1.165) is 29.9 Å². The van der Waals surface area contributed by atoms with Crippen molar-refractivity contribution < 1.29 is 9.53 Å². The number of fused-ring (bicyclic) bond motifs is 1. The van der Waals surface area contributed by atoms with E-state index in [0.29, 0.717) is 39.4 Å². The standard InChI is InChI=1S/C17H21N5O2/c23-17(22-9-11-24-12-10-22)21-7-5-20(6-8-21)16-13-18-14-3-1-2-4-15(14)19-16/h1-4,13H,5-12H2. The number of nitrogens with zero attached hydrogens (tertiary/aromatic N) is 5. The molecule has 2 aromatic rings. The molecule has 0 atom stereocenters. The summed E-state index contributed by atoms with van der Waals surface area (Å²) >= 11 is 0. The van der Waals surface area contributed by atoms with Crippen molar-refractivity contribution in [3.8, 4) is 0 Å². The number of rotatable bonds is 1. The van der Waals surface area contributed by atoms with Crippen LogP contribution in [0.3, 0.4) is 0 Å². The van der Waals surface area contributed by atoms with Crippen LogP contribution < -0.4 is 4.90 Å². The van der Waals surface area contributed by atoms with Crippen LogP contribution in [0.2, 0.25) is 0 Å². The number of aromatic nitrogens is 2. The molecule has 0 spiro atoms. The van der Waals surface area contributed by atoms with E-state index in [1.807, 2.05) is 40.3 Å². The summed E-state index contributed by atoms with van der Waals surface area (Å²) in [4.78, 5) is 27.7. The minimum Gasteiger partial charge on any atom is -0.378 e. The van der Waals surface area contributed by atoms with Crippen LogP contribution in [-0.4, -0.2) is 78.3 Å². The van der Waals surface area contributed by atoms with Gasteiger partial charge in [-0.15, -0.1) is 0 Å². The SMILES string of the molecule is O=C(N1CCOCC1)N1CCN(c2cnc3ccccc3n2)CC1. The van der Waals surface area contributed by atoms with E-state index < -0.39 is 0 Å². The van der Waals surface area contributed by atoms with E-state index >= 15 is 0 Å². The molecule has 0 unspecified atom stereocenters. The largest absolute Gasteiger partial charge is 0.378 e. The van der Waals surface area contributed by atoms with Crippen molar-refractivity contribution in [3.05, 3.63) is 30.5 Å². The van der Waals surface area contributed by atoms with Crippen LogP contribution in [0.5, 0.6) is 0 Å². The van der Waals surface area contributed by atoms with Crippen LogP contribution in [-0.2, 0) is 4.74 Å². The molecule has 0 bridgehead atoms. The summed E-state index contributed by atoms with van der Waals surface area (Å²) in [6.07, 6.45) is 1.82. The Hall–Kier alpha value is -2.41. The quantitative estimate of drug-likeness (QED) is 0.788. The second-order valence-corrected chi connectivity index (χ2v) is 6.07. The minimum atomic E-state index is 0.127. The first-order chi connectivity index (χ1) is 11.8. The van der Waals surface area contributed by atoms with Gasteiger partial charge in [0.15, 0.2) is 0 Å². The van der Waals surface area contributed by atoms with E-state index in [4.69, 9.17) is 9.72 Å². The average molecular weight is 327 g/mol. The Bertz CT molecular complexity index is 724. The van der Waals surface area contributed by atoms with E-state index in [-0.39, 0.29) is 6.03 Å². The molecule has 7 nitrogen and oxygen atoms in total. The second kappa shape index (κ2) is 6.60. The number of benzene rings is 1. The van der Waals surface area contributed by atoms with Gasteiger partial charge in [0.1, 0.15) is 5.82 Å². The highest BCUT2D eigenvalue weighted by Crippen LogP contribution is 2.17. The molecule has 126 valence electrons. The number of morpholine rings is 1. The fraction of sp³-hybridized carbons (Fsp3) is 0.471. The maximum Gasteiger partial charge on any atom is 0.320 e. The van der Waals surface area contributed by atoms with Crippen molar-refractivity contribution in [2.75, 3.05) is 57.4 Å². The van der Waals surface area contributed by atoms with Crippen LogP contribution in [0, 0.1) is 0 Å². The van der Waals surface area contributed by atoms with Gasteiger partial charge in [0, 0.05) is 39.3 Å². The summed E-state index contributed by atoms with van der Waals surface area (Å²) in [6.45, 7) is 5.64. The molecule has 7 heteroatoms. The normalized spacial score (nSPS) is 18.9. The van der Waals surface area contributed by atoms with E-state index in [9.17, 15) is 4.79 Å². The highest BCUT2D eigenvalue weighted by atomic mass is 16.5. The molecule has 4 rings (SSSR count). The van der Waals surface area contributed by atoms with Crippen LogP contribution in [0.4, 0.5) is 10.6 Å². The Labute approximate surface area is 140 Å². The number of carbonyl (C=O) groups excluding carboxylic acids is 1. The molecule has 0 radical (unpaired) electrons. The molecule has 24 heavy (non-hydrogen) atoms. The summed E-state index contributed by atoms with van der Waals surface area (Å²) < 4.78 is 5.31. The Morgan fingerprint density at radius 3 is 2.33 bits per heavy atom. The van der Waals surface area contributed by atoms with Crippen molar-refractivity contribution >= 4 is 22.9 Å². The number of carbonyl (C=O) groups is 1. The molecule has 2 aliphatic heterocycles. The molecule has 0 N–H and O–H groups in total. The van der Waals surface area contributed by atoms with E-state index in [1.54, 1.807) is 0 Å². The molecule has 2 amide bonds. The fourth-order valence-electron chi connectivity index (χ4n) is 3.18. The van der Waals surface area contributed by atoms with Gasteiger partial charge in [-0.3, -0.25) is 4.98 Å². The summed E-state index contributed by atoms with van der Waals surface area (Å²) in [5.41, 5.74) is 1.81. The maximum absolute atomic E-state index is 12.5. The van der Waals surface area contributed by atoms with Gasteiger partial charge in [-0.25, -0.2) is 9.78 Å². The van der Waals surface area contributed by atoms with Crippen molar-refractivity contribution in [1.82, 2.24) is 19.8 Å². The van der Waals surface area contributed by atoms with Crippen molar-refractivity contribution in [3.63, 3.8) is 0 Å². The van der Waals surface area contributed by atoms with Gasteiger partial charge >= 0.3 is 6.03 Å². The van der Waals surface area contributed by atoms with Gasteiger partial charge in [0.2, 0.25) is 0 Å². The monoisotopic (exact) mass is 327 g/mol. The van der Waals surface area contributed by atoms with E-state index in [1.165, 1.54) is 0 Å². The summed E-state index contributed by atoms with van der Waals surface area (Å²) in [5.74, 6) is 0.882. The van der Waals surface area contributed by atoms with E-state index in [2.05, 4.69) is 9.88 Å². The zero-order chi connectivity index (χ0) is 16.4. The highest BCUT2D eigenvalue weighted by Gasteiger charge is 2.26. The molecular formula is C17H21N5O2. The first-order valence-corrected chi connectivity index (χ1v) is 8.39. The molecule has 3 heterocycles. The Kier molecular flexibility index (Phi) is 4.17. The van der Waals surface area contributed by atoms with Crippen LogP contribution in [0.25, 0.3) is 11.0 Å². The second-order valence-electron chi connectivity index (χ2n) is 6.07. The first-order valence-electron chi connectivity index (χ1n) is 8.39. The molecule has 1 aromatic heterocycles. The predicted molar refractivity (Wildman–Crippen MR) is 91.1 cm³/mol. The topological polar surface area (TPSA) is 61.8 Å². The van der Waals surface area contributed by atoms with Gasteiger partial charge in [-0.05, 0) is 12.1 Å². The third-order valence-corrected chi connectivity index (χ3v) is 4.59. The number of hydrogen-bond acceptors (Lipinski definition) is 5. The fourth-order valence-corrected chi connectivity index (χ4v) is 3.18. The Balaban J connectivity index is 1.40. The van der Waals surface area contributed by atoms with Crippen LogP contribution in [0.1, 0.15) is 0 Å². The Morgan fingerprint density at radius 2 is 1.58 bits per heavy atom. The molecule has 1 aromatic carbocycles. The molecule has 0 aliphatic carbocycles. The number of para-hydroxylation sites is 2. The number of hydrogen-bond donors (Lipinski definition) is 0. The van der Waals surface area contributed by atoms with Crippen molar-refractivity contribution in [2.45, 2.75) is 0 Å². The number of anilines is 1. The predicted octanol–water partition coefficient (Wildman–Crippen LogP) is 1.20. The number of urea groups is 1. The van der Waals surface area contributed by atoms with Gasteiger partial charge in [-0.2, -0.15) is 0 Å². The smallest absolute Gasteiger partial charge is 0.320 e. The lowest BCUT2D eigenvalue weighted by Gasteiger charge is -2.38. The molecular weight excluding hydrogens is 306 g/mol. The van der Waals surface area contributed by atoms with Gasteiger partial charge in [-0.1, -0.05) is 12.1 Å². The lowest BCUT2D eigenvalue weighted by molar-refractivity contribution is 0.0428. The Morgan fingerprint density at radius 1 is 0.917 bits per heavy atom. The number of amides is 2. The highest BCUT2D eigenvalue weighted by molar-refractivity contribution is 5.76.